The third-order valence-corrected chi connectivity index (χ3v) is 5.99. The number of aliphatic imine (C=N–C) groups is 1. The van der Waals surface area contributed by atoms with Crippen LogP contribution >= 0.6 is 34.2 Å². The summed E-state index contributed by atoms with van der Waals surface area (Å²) in [5.74, 6) is -0.180. The Kier molecular flexibility index (Phi) is 7.29. The van der Waals surface area contributed by atoms with E-state index in [2.05, 4.69) is 27.6 Å². The third kappa shape index (κ3) is 5.54. The van der Waals surface area contributed by atoms with Gasteiger partial charge in [-0.1, -0.05) is 35.9 Å². The van der Waals surface area contributed by atoms with Crippen LogP contribution < -0.4 is 9.47 Å². The van der Waals surface area contributed by atoms with Gasteiger partial charge in [0.2, 0.25) is 5.90 Å². The first kappa shape index (κ1) is 23.3. The molecule has 0 bridgehead atoms. The van der Waals surface area contributed by atoms with Crippen LogP contribution in [0.4, 0.5) is 4.39 Å². The van der Waals surface area contributed by atoms with Gasteiger partial charge in [0.1, 0.15) is 12.4 Å². The molecule has 0 amide bonds. The smallest absolute Gasteiger partial charge is 0.363 e. The Morgan fingerprint density at radius 1 is 1.12 bits per heavy atom. The number of nitrogens with zero attached hydrogens (tertiary/aromatic N) is 1. The zero-order valence-corrected chi connectivity index (χ0v) is 20.4. The van der Waals surface area contributed by atoms with Crippen LogP contribution in [0.5, 0.6) is 11.5 Å². The highest BCUT2D eigenvalue weighted by atomic mass is 127. The molecule has 3 aromatic rings. The van der Waals surface area contributed by atoms with Crippen LogP contribution in [-0.4, -0.2) is 18.5 Å². The number of hydrogen-bond donors (Lipinski definition) is 0. The van der Waals surface area contributed by atoms with E-state index in [4.69, 9.17) is 25.8 Å². The SMILES string of the molecule is CCOc1cc(/C=C2\N=C(c3cccc(F)c3)OC2=O)cc(Cl)c1OCc1ccccc1I. The van der Waals surface area contributed by atoms with Gasteiger partial charge in [-0.2, -0.15) is 0 Å². The van der Waals surface area contributed by atoms with Crippen LogP contribution in [-0.2, 0) is 16.1 Å². The molecule has 1 aliphatic heterocycles. The lowest BCUT2D eigenvalue weighted by atomic mass is 10.1. The van der Waals surface area contributed by atoms with Crippen molar-refractivity contribution >= 4 is 52.1 Å². The van der Waals surface area contributed by atoms with Crippen molar-refractivity contribution in [3.05, 3.63) is 97.5 Å². The second-order valence-corrected chi connectivity index (χ2v) is 8.56. The molecule has 0 unspecified atom stereocenters. The van der Waals surface area contributed by atoms with Gasteiger partial charge in [-0.25, -0.2) is 14.2 Å². The Hall–Kier alpha value is -2.91. The highest BCUT2D eigenvalue weighted by Crippen LogP contribution is 2.38. The standard InChI is InChI=1S/C25H18ClFINO4/c1-2-31-22-12-15(10-19(26)23(22)32-14-17-6-3-4-9-20(17)28)11-21-25(30)33-24(29-21)16-7-5-8-18(27)13-16/h3-13H,2,14H2,1H3/b21-11-. The molecule has 0 radical (unpaired) electrons. The first-order valence-electron chi connectivity index (χ1n) is 10.1. The monoisotopic (exact) mass is 577 g/mol. The molecule has 5 nitrogen and oxygen atoms in total. The molecule has 4 rings (SSSR count). The summed E-state index contributed by atoms with van der Waals surface area (Å²) in [5.41, 5.74) is 2.05. The van der Waals surface area contributed by atoms with Crippen LogP contribution in [0.25, 0.3) is 6.08 Å². The van der Waals surface area contributed by atoms with Gasteiger partial charge in [0.05, 0.1) is 11.6 Å². The topological polar surface area (TPSA) is 57.1 Å². The number of benzene rings is 3. The van der Waals surface area contributed by atoms with Crippen molar-refractivity contribution in [3.8, 4) is 11.5 Å². The number of cyclic esters (lactones) is 1. The van der Waals surface area contributed by atoms with Gasteiger partial charge < -0.3 is 14.2 Å². The highest BCUT2D eigenvalue weighted by molar-refractivity contribution is 14.1. The fourth-order valence-electron chi connectivity index (χ4n) is 3.15. The van der Waals surface area contributed by atoms with E-state index in [0.717, 1.165) is 9.13 Å². The van der Waals surface area contributed by atoms with Crippen LogP contribution in [0.3, 0.4) is 0 Å². The number of carbonyl (C=O) groups is 1. The number of ether oxygens (including phenoxy) is 3. The Bertz CT molecular complexity index is 1280. The summed E-state index contributed by atoms with van der Waals surface area (Å²) in [5, 5.41) is 0.333. The molecular weight excluding hydrogens is 560 g/mol. The number of hydrogen-bond acceptors (Lipinski definition) is 5. The quantitative estimate of drug-likeness (QED) is 0.185. The van der Waals surface area contributed by atoms with Crippen LogP contribution in [0.2, 0.25) is 5.02 Å². The number of esters is 1. The number of carbonyl (C=O) groups excluding carboxylic acids is 1. The molecule has 0 spiro atoms. The summed E-state index contributed by atoms with van der Waals surface area (Å²) in [6.45, 7) is 2.58. The molecule has 8 heteroatoms. The molecule has 1 heterocycles. The maximum absolute atomic E-state index is 13.5. The van der Waals surface area contributed by atoms with Gasteiger partial charge in [0.15, 0.2) is 17.2 Å². The van der Waals surface area contributed by atoms with Crippen molar-refractivity contribution in [1.82, 2.24) is 0 Å². The zero-order valence-electron chi connectivity index (χ0n) is 17.5. The van der Waals surface area contributed by atoms with Crippen molar-refractivity contribution in [2.45, 2.75) is 13.5 Å². The summed E-state index contributed by atoms with van der Waals surface area (Å²) in [6, 6.07) is 16.9. The average molecular weight is 578 g/mol. The van der Waals surface area contributed by atoms with Crippen LogP contribution in [0.1, 0.15) is 23.6 Å². The normalized spacial score (nSPS) is 14.2. The minimum absolute atomic E-state index is 0.0410. The van der Waals surface area contributed by atoms with E-state index in [0.29, 0.717) is 40.9 Å². The Morgan fingerprint density at radius 2 is 1.94 bits per heavy atom. The molecule has 0 saturated heterocycles. The van der Waals surface area contributed by atoms with Crippen molar-refractivity contribution in [2.24, 2.45) is 4.99 Å². The van der Waals surface area contributed by atoms with Gasteiger partial charge in [-0.3, -0.25) is 0 Å². The van der Waals surface area contributed by atoms with Gasteiger partial charge >= 0.3 is 5.97 Å². The van der Waals surface area contributed by atoms with E-state index in [1.165, 1.54) is 24.3 Å². The Labute approximate surface area is 209 Å². The van der Waals surface area contributed by atoms with E-state index in [-0.39, 0.29) is 11.6 Å². The molecule has 0 fully saturated rings. The molecule has 0 atom stereocenters. The van der Waals surface area contributed by atoms with Crippen molar-refractivity contribution in [2.75, 3.05) is 6.61 Å². The van der Waals surface area contributed by atoms with E-state index in [1.54, 1.807) is 18.2 Å². The Morgan fingerprint density at radius 3 is 2.70 bits per heavy atom. The second-order valence-electron chi connectivity index (χ2n) is 6.99. The predicted molar refractivity (Wildman–Crippen MR) is 133 cm³/mol. The number of halogens is 3. The maximum atomic E-state index is 13.5. The highest BCUT2D eigenvalue weighted by Gasteiger charge is 2.25. The van der Waals surface area contributed by atoms with Crippen molar-refractivity contribution in [3.63, 3.8) is 0 Å². The van der Waals surface area contributed by atoms with Crippen molar-refractivity contribution < 1.29 is 23.4 Å². The van der Waals surface area contributed by atoms with Gasteiger partial charge in [0, 0.05) is 14.7 Å². The fraction of sp³-hybridized carbons (Fsp3) is 0.120. The maximum Gasteiger partial charge on any atom is 0.363 e. The lowest BCUT2D eigenvalue weighted by molar-refractivity contribution is -0.129. The summed E-state index contributed by atoms with van der Waals surface area (Å²) in [7, 11) is 0. The van der Waals surface area contributed by atoms with E-state index < -0.39 is 11.8 Å². The summed E-state index contributed by atoms with van der Waals surface area (Å²) in [6.07, 6.45) is 1.53. The van der Waals surface area contributed by atoms with Gasteiger partial charge in [-0.15, -0.1) is 0 Å². The van der Waals surface area contributed by atoms with Gasteiger partial charge in [0.25, 0.3) is 0 Å². The molecule has 0 aliphatic carbocycles. The van der Waals surface area contributed by atoms with E-state index in [1.807, 2.05) is 31.2 Å². The molecule has 0 saturated carbocycles. The largest absolute Gasteiger partial charge is 0.490 e. The lowest BCUT2D eigenvalue weighted by Crippen LogP contribution is -2.05. The first-order chi connectivity index (χ1) is 15.9. The summed E-state index contributed by atoms with van der Waals surface area (Å²) < 4.78 is 31.5. The second kappa shape index (κ2) is 10.4. The average Bonchev–Trinajstić information content (AvgIpc) is 3.15. The third-order valence-electron chi connectivity index (χ3n) is 4.66. The molecule has 1 aliphatic rings. The molecule has 3 aromatic carbocycles. The molecule has 0 N–H and O–H groups in total. The number of rotatable bonds is 7. The minimum Gasteiger partial charge on any atom is -0.490 e. The van der Waals surface area contributed by atoms with Crippen LogP contribution in [0, 0.1) is 9.39 Å². The van der Waals surface area contributed by atoms with E-state index in [9.17, 15) is 9.18 Å². The molecule has 168 valence electrons. The molecular formula is C25H18ClFINO4. The fourth-order valence-corrected chi connectivity index (χ4v) is 3.97. The zero-order chi connectivity index (χ0) is 23.4. The van der Waals surface area contributed by atoms with E-state index >= 15 is 0 Å². The lowest BCUT2D eigenvalue weighted by Gasteiger charge is -2.15. The summed E-state index contributed by atoms with van der Waals surface area (Å²) >= 11 is 8.76. The molecule has 0 aromatic heterocycles. The Balaban J connectivity index is 1.62. The van der Waals surface area contributed by atoms with Crippen LogP contribution in [0.15, 0.2) is 71.4 Å². The molecule has 33 heavy (non-hydrogen) atoms. The first-order valence-corrected chi connectivity index (χ1v) is 11.5. The summed E-state index contributed by atoms with van der Waals surface area (Å²) in [4.78, 5) is 16.5. The minimum atomic E-state index is -0.637. The predicted octanol–water partition coefficient (Wildman–Crippen LogP) is 6.41. The van der Waals surface area contributed by atoms with Gasteiger partial charge in [-0.05, 0) is 77.6 Å². The van der Waals surface area contributed by atoms with Crippen molar-refractivity contribution in [1.29, 1.82) is 0 Å².